The molecule has 0 amide bonds. The molecule has 0 unspecified atom stereocenters. The van der Waals surface area contributed by atoms with Gasteiger partial charge >= 0.3 is 0 Å². The first-order valence-corrected chi connectivity index (χ1v) is 6.85. The summed E-state index contributed by atoms with van der Waals surface area (Å²) in [6, 6.07) is 14.2. The zero-order valence-electron chi connectivity index (χ0n) is 11.9. The molecule has 0 heterocycles. The van der Waals surface area contributed by atoms with Gasteiger partial charge in [-0.2, -0.15) is 0 Å². The summed E-state index contributed by atoms with van der Waals surface area (Å²) in [7, 11) is 3.72. The van der Waals surface area contributed by atoms with E-state index in [1.54, 1.807) is 47.5 Å². The summed E-state index contributed by atoms with van der Waals surface area (Å²) in [6.07, 6.45) is 3.23. The predicted molar refractivity (Wildman–Crippen MR) is 85.1 cm³/mol. The van der Waals surface area contributed by atoms with Crippen molar-refractivity contribution in [2.75, 3.05) is 14.1 Å². The van der Waals surface area contributed by atoms with Gasteiger partial charge in [0.1, 0.15) is 11.5 Å². The van der Waals surface area contributed by atoms with Crippen LogP contribution in [0, 0.1) is 0 Å². The van der Waals surface area contributed by atoms with E-state index >= 15 is 0 Å². The minimum Gasteiger partial charge on any atom is -0.457 e. The molecule has 0 saturated heterocycles. The zero-order valence-corrected chi connectivity index (χ0v) is 12.7. The molecule has 0 aromatic heterocycles. The molecule has 2 aromatic rings. The molecular formula is C17H16ClNO2. The Morgan fingerprint density at radius 1 is 1.10 bits per heavy atom. The molecule has 0 spiro atoms. The van der Waals surface area contributed by atoms with E-state index < -0.39 is 0 Å². The Labute approximate surface area is 129 Å². The van der Waals surface area contributed by atoms with Gasteiger partial charge in [-0.15, -0.1) is 0 Å². The fourth-order valence-corrected chi connectivity index (χ4v) is 1.82. The molecule has 2 aromatic carbocycles. The van der Waals surface area contributed by atoms with Crippen LogP contribution in [0.1, 0.15) is 10.4 Å². The second-order valence-electron chi connectivity index (χ2n) is 4.70. The van der Waals surface area contributed by atoms with Crippen LogP contribution in [0.3, 0.4) is 0 Å². The van der Waals surface area contributed by atoms with Gasteiger partial charge in [-0.3, -0.25) is 4.79 Å². The SMILES string of the molecule is CN(C)/C=C/C(=O)c1ccccc1Oc1ccc(Cl)cc1. The van der Waals surface area contributed by atoms with Crippen LogP contribution >= 0.6 is 11.6 Å². The normalized spacial score (nSPS) is 10.6. The van der Waals surface area contributed by atoms with Crippen molar-refractivity contribution in [3.8, 4) is 11.5 Å². The molecule has 0 atom stereocenters. The maximum atomic E-state index is 12.2. The highest BCUT2D eigenvalue weighted by Gasteiger charge is 2.10. The Balaban J connectivity index is 2.24. The molecule has 0 aliphatic heterocycles. The zero-order chi connectivity index (χ0) is 15.2. The van der Waals surface area contributed by atoms with Gasteiger partial charge in [-0.1, -0.05) is 23.7 Å². The van der Waals surface area contributed by atoms with Crippen molar-refractivity contribution in [2.45, 2.75) is 0 Å². The highest BCUT2D eigenvalue weighted by molar-refractivity contribution is 6.30. The Hall–Kier alpha value is -2.26. The number of carbonyl (C=O) groups excluding carboxylic acids is 1. The van der Waals surface area contributed by atoms with Crippen LogP contribution in [-0.2, 0) is 0 Å². The van der Waals surface area contributed by atoms with Crippen molar-refractivity contribution in [2.24, 2.45) is 0 Å². The van der Waals surface area contributed by atoms with E-state index in [2.05, 4.69) is 0 Å². The molecule has 108 valence electrons. The smallest absolute Gasteiger partial charge is 0.191 e. The van der Waals surface area contributed by atoms with Crippen molar-refractivity contribution >= 4 is 17.4 Å². The van der Waals surface area contributed by atoms with Gasteiger partial charge in [0, 0.05) is 31.4 Å². The maximum absolute atomic E-state index is 12.2. The number of halogens is 1. The molecule has 0 aliphatic carbocycles. The summed E-state index contributed by atoms with van der Waals surface area (Å²) < 4.78 is 5.77. The number of allylic oxidation sites excluding steroid dienone is 1. The highest BCUT2D eigenvalue weighted by atomic mass is 35.5. The number of ketones is 1. The van der Waals surface area contributed by atoms with Crippen LogP contribution in [0.25, 0.3) is 0 Å². The van der Waals surface area contributed by atoms with Crippen molar-refractivity contribution in [3.63, 3.8) is 0 Å². The minimum atomic E-state index is -0.103. The fourth-order valence-electron chi connectivity index (χ4n) is 1.70. The van der Waals surface area contributed by atoms with Crippen LogP contribution < -0.4 is 4.74 Å². The third kappa shape index (κ3) is 4.36. The molecule has 3 nitrogen and oxygen atoms in total. The van der Waals surface area contributed by atoms with E-state index in [-0.39, 0.29) is 5.78 Å². The lowest BCUT2D eigenvalue weighted by Crippen LogP contribution is -2.04. The number of para-hydroxylation sites is 1. The first kappa shape index (κ1) is 15.1. The summed E-state index contributed by atoms with van der Waals surface area (Å²) in [5.41, 5.74) is 0.519. The van der Waals surface area contributed by atoms with E-state index in [9.17, 15) is 4.79 Å². The van der Waals surface area contributed by atoms with Crippen molar-refractivity contribution < 1.29 is 9.53 Å². The second-order valence-corrected chi connectivity index (χ2v) is 5.13. The van der Waals surface area contributed by atoms with Gasteiger partial charge in [0.15, 0.2) is 5.78 Å². The van der Waals surface area contributed by atoms with Crippen molar-refractivity contribution in [1.82, 2.24) is 4.90 Å². The summed E-state index contributed by atoms with van der Waals surface area (Å²) in [5, 5.41) is 0.639. The Morgan fingerprint density at radius 3 is 2.43 bits per heavy atom. The average molecular weight is 302 g/mol. The monoisotopic (exact) mass is 301 g/mol. The van der Waals surface area contributed by atoms with Gasteiger partial charge in [0.05, 0.1) is 5.56 Å². The first-order valence-electron chi connectivity index (χ1n) is 6.47. The van der Waals surface area contributed by atoms with Crippen LogP contribution in [0.2, 0.25) is 5.02 Å². The molecule has 2 rings (SSSR count). The van der Waals surface area contributed by atoms with Gasteiger partial charge < -0.3 is 9.64 Å². The van der Waals surface area contributed by atoms with Gasteiger partial charge in [-0.25, -0.2) is 0 Å². The van der Waals surface area contributed by atoms with E-state index in [0.717, 1.165) is 0 Å². The third-order valence-corrected chi connectivity index (χ3v) is 2.97. The Kier molecular flexibility index (Phi) is 5.01. The number of hydrogen-bond donors (Lipinski definition) is 0. The van der Waals surface area contributed by atoms with Crippen molar-refractivity contribution in [1.29, 1.82) is 0 Å². The predicted octanol–water partition coefficient (Wildman–Crippen LogP) is 4.39. The molecule has 0 aliphatic rings. The molecular weight excluding hydrogens is 286 g/mol. The van der Waals surface area contributed by atoms with Gasteiger partial charge in [0.2, 0.25) is 0 Å². The molecule has 4 heteroatoms. The van der Waals surface area contributed by atoms with Crippen LogP contribution in [0.5, 0.6) is 11.5 Å². The Bertz CT molecular complexity index is 648. The van der Waals surface area contributed by atoms with E-state index in [0.29, 0.717) is 22.1 Å². The van der Waals surface area contributed by atoms with Crippen LogP contribution in [0.15, 0.2) is 60.8 Å². The molecule has 0 bridgehead atoms. The number of ether oxygens (including phenoxy) is 1. The highest BCUT2D eigenvalue weighted by Crippen LogP contribution is 2.26. The second kappa shape index (κ2) is 6.95. The molecule has 21 heavy (non-hydrogen) atoms. The number of rotatable bonds is 5. The summed E-state index contributed by atoms with van der Waals surface area (Å²) in [6.45, 7) is 0. The number of hydrogen-bond acceptors (Lipinski definition) is 3. The molecule has 0 saturated carbocycles. The Morgan fingerprint density at radius 2 is 1.76 bits per heavy atom. The largest absolute Gasteiger partial charge is 0.457 e. The van der Waals surface area contributed by atoms with Gasteiger partial charge in [-0.05, 0) is 36.4 Å². The number of carbonyl (C=O) groups is 1. The van der Waals surface area contributed by atoms with E-state index in [1.165, 1.54) is 6.08 Å². The summed E-state index contributed by atoms with van der Waals surface area (Å²) in [5.74, 6) is 1.05. The maximum Gasteiger partial charge on any atom is 0.191 e. The quantitative estimate of drug-likeness (QED) is 0.606. The lowest BCUT2D eigenvalue weighted by molar-refractivity contribution is 0.104. The van der Waals surface area contributed by atoms with Gasteiger partial charge in [0.25, 0.3) is 0 Å². The molecule has 0 fully saturated rings. The minimum absolute atomic E-state index is 0.103. The summed E-state index contributed by atoms with van der Waals surface area (Å²) in [4.78, 5) is 14.0. The number of benzene rings is 2. The van der Waals surface area contributed by atoms with Crippen LogP contribution in [0.4, 0.5) is 0 Å². The summed E-state index contributed by atoms with van der Waals surface area (Å²) >= 11 is 5.84. The lowest BCUT2D eigenvalue weighted by Gasteiger charge is -2.09. The first-order chi connectivity index (χ1) is 10.1. The number of nitrogens with zero attached hydrogens (tertiary/aromatic N) is 1. The standard InChI is InChI=1S/C17H16ClNO2/c1-19(2)12-11-16(20)15-5-3-4-6-17(15)21-14-9-7-13(18)8-10-14/h3-12H,1-2H3/b12-11+. The van der Waals surface area contributed by atoms with E-state index in [4.69, 9.17) is 16.3 Å². The molecule has 0 radical (unpaired) electrons. The van der Waals surface area contributed by atoms with Crippen molar-refractivity contribution in [3.05, 3.63) is 71.4 Å². The lowest BCUT2D eigenvalue weighted by atomic mass is 10.1. The average Bonchev–Trinajstić information content (AvgIpc) is 2.48. The molecule has 0 N–H and O–H groups in total. The van der Waals surface area contributed by atoms with E-state index in [1.807, 2.05) is 26.2 Å². The van der Waals surface area contributed by atoms with Crippen LogP contribution in [-0.4, -0.2) is 24.8 Å². The third-order valence-electron chi connectivity index (χ3n) is 2.72. The topological polar surface area (TPSA) is 29.5 Å². The fraction of sp³-hybridized carbons (Fsp3) is 0.118.